The van der Waals surface area contributed by atoms with Crippen molar-refractivity contribution in [1.29, 1.82) is 0 Å². The average Bonchev–Trinajstić information content (AvgIpc) is 3.26. The minimum atomic E-state index is -0.867. The van der Waals surface area contributed by atoms with Crippen LogP contribution in [-0.4, -0.2) is 40.1 Å². The van der Waals surface area contributed by atoms with Gasteiger partial charge < -0.3 is 15.8 Å². The first-order valence-corrected chi connectivity index (χ1v) is 10.3. The molecule has 2 heterocycles. The van der Waals surface area contributed by atoms with E-state index >= 15 is 0 Å². The number of hydrogen-bond acceptors (Lipinski definition) is 5. The highest BCUT2D eigenvalue weighted by Gasteiger charge is 2.23. The van der Waals surface area contributed by atoms with Gasteiger partial charge >= 0.3 is 0 Å². The number of nitrogens with two attached hydrogens (primary N) is 1. The third-order valence-electron chi connectivity index (χ3n) is 5.19. The molecular formula is C25H23N5O3. The number of pyridine rings is 1. The van der Waals surface area contributed by atoms with Crippen molar-refractivity contribution in [1.82, 2.24) is 20.5 Å². The molecule has 4 N–H and O–H groups in total. The van der Waals surface area contributed by atoms with Gasteiger partial charge in [-0.15, -0.1) is 0 Å². The van der Waals surface area contributed by atoms with E-state index < -0.39 is 17.9 Å². The van der Waals surface area contributed by atoms with Crippen LogP contribution in [0.1, 0.15) is 27.3 Å². The molecule has 2 amide bonds. The summed E-state index contributed by atoms with van der Waals surface area (Å²) in [4.78, 5) is 29.4. The van der Waals surface area contributed by atoms with Gasteiger partial charge in [-0.3, -0.25) is 19.7 Å². The molecule has 0 aliphatic rings. The molecule has 2 aromatic heterocycles. The van der Waals surface area contributed by atoms with E-state index in [1.54, 1.807) is 18.3 Å². The second kappa shape index (κ2) is 9.78. The van der Waals surface area contributed by atoms with E-state index in [4.69, 9.17) is 10.5 Å². The Morgan fingerprint density at radius 3 is 2.58 bits per heavy atom. The topological polar surface area (TPSA) is 123 Å². The molecule has 0 aliphatic heterocycles. The van der Waals surface area contributed by atoms with Crippen LogP contribution >= 0.6 is 0 Å². The predicted octanol–water partition coefficient (Wildman–Crippen LogP) is 2.96. The number of ether oxygens (including phenoxy) is 1. The Bertz CT molecular complexity index is 1300. The van der Waals surface area contributed by atoms with Gasteiger partial charge in [0.05, 0.1) is 35.0 Å². The van der Waals surface area contributed by atoms with Crippen molar-refractivity contribution in [3.63, 3.8) is 0 Å². The van der Waals surface area contributed by atoms with Crippen molar-refractivity contribution in [3.8, 4) is 5.75 Å². The number of nitrogens with one attached hydrogen (secondary N) is 2. The Balaban J connectivity index is 1.64. The largest absolute Gasteiger partial charge is 0.495 e. The number of carbonyl (C=O) groups excluding carboxylic acids is 2. The maximum atomic E-state index is 13.1. The molecule has 0 saturated carbocycles. The van der Waals surface area contributed by atoms with Crippen molar-refractivity contribution in [2.24, 2.45) is 5.73 Å². The fourth-order valence-electron chi connectivity index (χ4n) is 3.57. The van der Waals surface area contributed by atoms with Crippen LogP contribution in [0.3, 0.4) is 0 Å². The molecule has 8 nitrogen and oxygen atoms in total. The number of rotatable bonds is 8. The summed E-state index contributed by atoms with van der Waals surface area (Å²) in [5.74, 6) is -0.730. The smallest absolute Gasteiger partial charge is 0.255 e. The van der Waals surface area contributed by atoms with Crippen molar-refractivity contribution in [2.45, 2.75) is 12.5 Å². The molecule has 2 aromatic carbocycles. The summed E-state index contributed by atoms with van der Waals surface area (Å²) < 4.78 is 5.60. The lowest BCUT2D eigenvalue weighted by molar-refractivity contribution is -0.119. The molecular weight excluding hydrogens is 418 g/mol. The van der Waals surface area contributed by atoms with Gasteiger partial charge in [0.25, 0.3) is 5.91 Å². The number of aromatic amines is 1. The highest BCUT2D eigenvalue weighted by Crippen LogP contribution is 2.32. The maximum absolute atomic E-state index is 13.1. The van der Waals surface area contributed by atoms with Gasteiger partial charge in [-0.1, -0.05) is 36.4 Å². The molecule has 0 aliphatic carbocycles. The van der Waals surface area contributed by atoms with E-state index in [1.807, 2.05) is 60.7 Å². The lowest BCUT2D eigenvalue weighted by Gasteiger charge is -2.17. The monoisotopic (exact) mass is 441 g/mol. The van der Waals surface area contributed by atoms with Crippen molar-refractivity contribution in [3.05, 3.63) is 89.4 Å². The molecule has 1 unspecified atom stereocenters. The number of benzene rings is 2. The van der Waals surface area contributed by atoms with Crippen LogP contribution < -0.4 is 15.8 Å². The molecule has 0 spiro atoms. The van der Waals surface area contributed by atoms with Crippen LogP contribution in [0.25, 0.3) is 23.1 Å². The molecule has 0 saturated heterocycles. The SMILES string of the molecule is COc1c(C(=O)NC(Cc2ccccc2)C(N)=O)ccc2n[nH]c(C=Cc3ccccn3)c12. The number of carbonyl (C=O) groups is 2. The summed E-state index contributed by atoms with van der Waals surface area (Å²) in [6.45, 7) is 0. The third-order valence-corrected chi connectivity index (χ3v) is 5.19. The lowest BCUT2D eigenvalue weighted by atomic mass is 10.0. The quantitative estimate of drug-likeness (QED) is 0.388. The summed E-state index contributed by atoms with van der Waals surface area (Å²) in [5.41, 5.74) is 8.80. The van der Waals surface area contributed by atoms with E-state index in [0.29, 0.717) is 22.3 Å². The molecule has 0 radical (unpaired) electrons. The average molecular weight is 441 g/mol. The number of hydrogen-bond donors (Lipinski definition) is 3. The van der Waals surface area contributed by atoms with E-state index in [1.165, 1.54) is 7.11 Å². The van der Waals surface area contributed by atoms with Crippen LogP contribution in [0.5, 0.6) is 5.75 Å². The molecule has 33 heavy (non-hydrogen) atoms. The number of amides is 2. The van der Waals surface area contributed by atoms with Crippen LogP contribution in [0.4, 0.5) is 0 Å². The first kappa shape index (κ1) is 21.8. The van der Waals surface area contributed by atoms with Gasteiger partial charge in [0.1, 0.15) is 11.8 Å². The molecule has 4 rings (SSSR count). The van der Waals surface area contributed by atoms with Crippen molar-refractivity contribution < 1.29 is 14.3 Å². The van der Waals surface area contributed by atoms with Gasteiger partial charge in [-0.25, -0.2) is 0 Å². The van der Waals surface area contributed by atoms with Gasteiger partial charge in [0, 0.05) is 12.6 Å². The van der Waals surface area contributed by atoms with Crippen LogP contribution in [-0.2, 0) is 11.2 Å². The number of nitrogens with zero attached hydrogens (tertiary/aromatic N) is 2. The zero-order valence-corrected chi connectivity index (χ0v) is 18.0. The Kier molecular flexibility index (Phi) is 6.45. The number of primary amides is 1. The van der Waals surface area contributed by atoms with Crippen LogP contribution in [0.15, 0.2) is 66.9 Å². The predicted molar refractivity (Wildman–Crippen MR) is 126 cm³/mol. The zero-order chi connectivity index (χ0) is 23.2. The number of methoxy groups -OCH3 is 1. The molecule has 0 bridgehead atoms. The summed E-state index contributed by atoms with van der Waals surface area (Å²) in [6.07, 6.45) is 5.65. The summed E-state index contributed by atoms with van der Waals surface area (Å²) in [6, 6.07) is 17.4. The Hall–Kier alpha value is -4.46. The van der Waals surface area contributed by atoms with Gasteiger partial charge in [-0.05, 0) is 42.0 Å². The highest BCUT2D eigenvalue weighted by atomic mass is 16.5. The minimum absolute atomic E-state index is 0.276. The van der Waals surface area contributed by atoms with Crippen molar-refractivity contribution >= 4 is 34.9 Å². The fraction of sp³-hybridized carbons (Fsp3) is 0.120. The molecule has 0 fully saturated rings. The van der Waals surface area contributed by atoms with E-state index in [9.17, 15) is 9.59 Å². The summed E-state index contributed by atoms with van der Waals surface area (Å²) in [5, 5.41) is 10.7. The second-order valence-corrected chi connectivity index (χ2v) is 7.38. The Morgan fingerprint density at radius 1 is 1.09 bits per heavy atom. The second-order valence-electron chi connectivity index (χ2n) is 7.38. The Morgan fingerprint density at radius 2 is 1.88 bits per heavy atom. The van der Waals surface area contributed by atoms with E-state index in [0.717, 1.165) is 11.3 Å². The highest BCUT2D eigenvalue weighted by molar-refractivity contribution is 6.06. The zero-order valence-electron chi connectivity index (χ0n) is 18.0. The number of H-pyrrole nitrogens is 1. The standard InChI is InChI=1S/C25H23N5O3/c1-33-23-18(25(32)28-21(24(26)31)15-16-7-3-2-4-8-16)11-13-20-22(23)19(29-30-20)12-10-17-9-5-6-14-27-17/h2-14,21H,15H2,1H3,(H2,26,31)(H,28,32)(H,29,30). The van der Waals surface area contributed by atoms with Gasteiger partial charge in [0.2, 0.25) is 5.91 Å². The molecule has 166 valence electrons. The first-order valence-electron chi connectivity index (χ1n) is 10.3. The maximum Gasteiger partial charge on any atom is 0.255 e. The van der Waals surface area contributed by atoms with E-state index in [2.05, 4.69) is 20.5 Å². The van der Waals surface area contributed by atoms with Crippen LogP contribution in [0.2, 0.25) is 0 Å². The lowest BCUT2D eigenvalue weighted by Crippen LogP contribution is -2.45. The molecule has 4 aromatic rings. The Labute approximate surface area is 190 Å². The first-order chi connectivity index (χ1) is 16.1. The van der Waals surface area contributed by atoms with Crippen LogP contribution in [0, 0.1) is 0 Å². The fourth-order valence-corrected chi connectivity index (χ4v) is 3.57. The number of fused-ring (bicyclic) bond motifs is 1. The van der Waals surface area contributed by atoms with Gasteiger partial charge in [-0.2, -0.15) is 5.10 Å². The summed E-state index contributed by atoms with van der Waals surface area (Å²) >= 11 is 0. The van der Waals surface area contributed by atoms with Crippen molar-refractivity contribution in [2.75, 3.05) is 7.11 Å². The normalized spacial score (nSPS) is 12.0. The third kappa shape index (κ3) is 4.90. The number of aromatic nitrogens is 3. The minimum Gasteiger partial charge on any atom is -0.495 e. The summed E-state index contributed by atoms with van der Waals surface area (Å²) in [7, 11) is 1.49. The van der Waals surface area contributed by atoms with Gasteiger partial charge in [0.15, 0.2) is 0 Å². The van der Waals surface area contributed by atoms with E-state index in [-0.39, 0.29) is 12.0 Å². The molecule has 1 atom stereocenters. The molecule has 8 heteroatoms.